The second-order valence-corrected chi connectivity index (χ2v) is 4.08. The molecule has 1 aromatic heterocycles. The van der Waals surface area contributed by atoms with Crippen LogP contribution in [0.5, 0.6) is 0 Å². The average Bonchev–Trinajstić information content (AvgIpc) is 2.70. The van der Waals surface area contributed by atoms with Crippen LogP contribution in [0, 0.1) is 0 Å². The van der Waals surface area contributed by atoms with Gasteiger partial charge in [0.2, 0.25) is 0 Å². The third kappa shape index (κ3) is 3.00. The fraction of sp³-hybridized carbons (Fsp3) is 0.600. The number of alkyl halides is 3. The molecule has 0 saturated carbocycles. The average molecular weight is 262 g/mol. The highest BCUT2D eigenvalue weighted by atomic mass is 19.4. The number of rotatable bonds is 3. The van der Waals surface area contributed by atoms with Gasteiger partial charge in [-0.15, -0.1) is 0 Å². The molecule has 0 aromatic carbocycles. The van der Waals surface area contributed by atoms with Crippen LogP contribution in [-0.4, -0.2) is 35.4 Å². The fourth-order valence-electron chi connectivity index (χ4n) is 1.81. The summed E-state index contributed by atoms with van der Waals surface area (Å²) < 4.78 is 35.8. The summed E-state index contributed by atoms with van der Waals surface area (Å²) in [6.45, 7) is 0.871. The number of H-pyrrole nitrogens is 1. The van der Waals surface area contributed by atoms with E-state index < -0.39 is 25.0 Å². The molecule has 2 heterocycles. The Bertz CT molecular complexity index is 441. The monoisotopic (exact) mass is 262 g/mol. The van der Waals surface area contributed by atoms with E-state index in [1.165, 1.54) is 0 Å². The molecule has 0 atom stereocenters. The van der Waals surface area contributed by atoms with Crippen LogP contribution in [0.3, 0.4) is 0 Å². The van der Waals surface area contributed by atoms with Crippen LogP contribution in [0.15, 0.2) is 0 Å². The third-order valence-electron chi connectivity index (χ3n) is 2.72. The Morgan fingerprint density at radius 2 is 2.22 bits per heavy atom. The minimum atomic E-state index is -4.26. The van der Waals surface area contributed by atoms with Crippen molar-refractivity contribution in [3.63, 3.8) is 0 Å². The number of aromatic nitrogens is 2. The summed E-state index contributed by atoms with van der Waals surface area (Å²) in [5, 5.41) is 11.9. The van der Waals surface area contributed by atoms with Crippen LogP contribution in [0.4, 0.5) is 13.2 Å². The van der Waals surface area contributed by atoms with E-state index in [4.69, 9.17) is 0 Å². The Morgan fingerprint density at radius 1 is 1.44 bits per heavy atom. The van der Waals surface area contributed by atoms with Gasteiger partial charge in [-0.05, 0) is 0 Å². The molecule has 2 rings (SSSR count). The summed E-state index contributed by atoms with van der Waals surface area (Å²) >= 11 is 0. The van der Waals surface area contributed by atoms with Crippen LogP contribution in [0.1, 0.15) is 28.2 Å². The molecule has 1 aliphatic heterocycles. The lowest BCUT2D eigenvalue weighted by Gasteiger charge is -2.13. The van der Waals surface area contributed by atoms with E-state index in [2.05, 4.69) is 20.8 Å². The maximum atomic E-state index is 11.9. The van der Waals surface area contributed by atoms with Gasteiger partial charge in [0.15, 0.2) is 5.69 Å². The number of carbonyl (C=O) groups excluding carboxylic acids is 1. The molecule has 1 aliphatic rings. The smallest absolute Gasteiger partial charge is 0.350 e. The molecule has 0 radical (unpaired) electrons. The van der Waals surface area contributed by atoms with Gasteiger partial charge in [0.05, 0.1) is 6.42 Å². The lowest BCUT2D eigenvalue weighted by molar-refractivity contribution is -0.132. The normalized spacial score (nSPS) is 15.3. The summed E-state index contributed by atoms with van der Waals surface area (Å²) in [6.07, 6.45) is -4.57. The van der Waals surface area contributed by atoms with Crippen molar-refractivity contribution in [2.24, 2.45) is 0 Å². The zero-order valence-corrected chi connectivity index (χ0v) is 9.52. The van der Waals surface area contributed by atoms with Gasteiger partial charge in [0.1, 0.15) is 0 Å². The number of fused-ring (bicyclic) bond motifs is 1. The molecule has 18 heavy (non-hydrogen) atoms. The van der Waals surface area contributed by atoms with Gasteiger partial charge in [-0.2, -0.15) is 18.3 Å². The van der Waals surface area contributed by atoms with Crippen molar-refractivity contribution >= 4 is 5.91 Å². The number of carbonyl (C=O) groups is 1. The van der Waals surface area contributed by atoms with Gasteiger partial charge in [0.25, 0.3) is 5.91 Å². The number of nitrogens with zero attached hydrogens (tertiary/aromatic N) is 1. The molecule has 1 aromatic rings. The fourth-order valence-corrected chi connectivity index (χ4v) is 1.81. The van der Waals surface area contributed by atoms with Crippen molar-refractivity contribution in [3.8, 4) is 0 Å². The number of amides is 1. The molecule has 5 nitrogen and oxygen atoms in total. The lowest BCUT2D eigenvalue weighted by atomic mass is 10.1. The van der Waals surface area contributed by atoms with Crippen molar-refractivity contribution in [3.05, 3.63) is 17.0 Å². The number of hydrogen-bond donors (Lipinski definition) is 3. The van der Waals surface area contributed by atoms with Crippen molar-refractivity contribution < 1.29 is 18.0 Å². The predicted octanol–water partition coefficient (Wildman–Crippen LogP) is 0.738. The second-order valence-electron chi connectivity index (χ2n) is 4.08. The molecule has 0 spiro atoms. The number of nitrogens with one attached hydrogen (secondary N) is 3. The van der Waals surface area contributed by atoms with Crippen molar-refractivity contribution in [1.29, 1.82) is 0 Å². The van der Waals surface area contributed by atoms with Gasteiger partial charge in [-0.1, -0.05) is 0 Å². The highest BCUT2D eigenvalue weighted by Crippen LogP contribution is 2.19. The summed E-state index contributed by atoms with van der Waals surface area (Å²) in [7, 11) is 0. The molecule has 3 N–H and O–H groups in total. The Kier molecular flexibility index (Phi) is 3.55. The lowest BCUT2D eigenvalue weighted by Crippen LogP contribution is -2.30. The van der Waals surface area contributed by atoms with Crippen molar-refractivity contribution in [2.45, 2.75) is 25.6 Å². The van der Waals surface area contributed by atoms with E-state index in [1.54, 1.807) is 0 Å². The molecule has 8 heteroatoms. The summed E-state index contributed by atoms with van der Waals surface area (Å²) in [5.74, 6) is -0.569. The molecular weight excluding hydrogens is 249 g/mol. The first-order valence-electron chi connectivity index (χ1n) is 5.59. The first-order chi connectivity index (χ1) is 8.47. The van der Waals surface area contributed by atoms with Gasteiger partial charge >= 0.3 is 6.18 Å². The zero-order valence-electron chi connectivity index (χ0n) is 9.52. The topological polar surface area (TPSA) is 69.8 Å². The van der Waals surface area contributed by atoms with E-state index in [0.29, 0.717) is 6.54 Å². The Labute approximate surface area is 101 Å². The minimum absolute atomic E-state index is 0.180. The first kappa shape index (κ1) is 12.9. The largest absolute Gasteiger partial charge is 0.390 e. The van der Waals surface area contributed by atoms with Gasteiger partial charge in [-0.3, -0.25) is 9.89 Å². The molecule has 100 valence electrons. The van der Waals surface area contributed by atoms with Crippen LogP contribution >= 0.6 is 0 Å². The van der Waals surface area contributed by atoms with Crippen LogP contribution in [-0.2, 0) is 13.0 Å². The second kappa shape index (κ2) is 4.97. The minimum Gasteiger partial charge on any atom is -0.350 e. The van der Waals surface area contributed by atoms with E-state index in [-0.39, 0.29) is 5.69 Å². The Hall–Kier alpha value is -1.57. The molecule has 0 saturated heterocycles. The first-order valence-corrected chi connectivity index (χ1v) is 5.59. The Morgan fingerprint density at radius 3 is 2.94 bits per heavy atom. The molecular formula is C10H13F3N4O. The summed E-state index contributed by atoms with van der Waals surface area (Å²) in [4.78, 5) is 11.7. The Balaban J connectivity index is 1.95. The summed E-state index contributed by atoms with van der Waals surface area (Å²) in [5.41, 5.74) is 1.79. The van der Waals surface area contributed by atoms with Gasteiger partial charge < -0.3 is 10.6 Å². The van der Waals surface area contributed by atoms with E-state index >= 15 is 0 Å². The standard InChI is InChI=1S/C10H13F3N4O/c11-10(12,13)2-4-15-9(18)8-6-5-14-3-1-7(6)16-17-8/h14H,1-5H2,(H,15,18)(H,16,17). The van der Waals surface area contributed by atoms with Crippen molar-refractivity contribution in [1.82, 2.24) is 20.8 Å². The van der Waals surface area contributed by atoms with Crippen LogP contribution in [0.2, 0.25) is 0 Å². The highest BCUT2D eigenvalue weighted by molar-refractivity contribution is 5.94. The predicted molar refractivity (Wildman–Crippen MR) is 57.0 cm³/mol. The third-order valence-corrected chi connectivity index (χ3v) is 2.72. The summed E-state index contributed by atoms with van der Waals surface area (Å²) in [6, 6.07) is 0. The van der Waals surface area contributed by atoms with Gasteiger partial charge in [-0.25, -0.2) is 0 Å². The maximum Gasteiger partial charge on any atom is 0.390 e. The SMILES string of the molecule is O=C(NCCC(F)(F)F)c1n[nH]c2c1CNCC2. The van der Waals surface area contributed by atoms with E-state index in [1.807, 2.05) is 0 Å². The molecule has 0 bridgehead atoms. The van der Waals surface area contributed by atoms with E-state index in [9.17, 15) is 18.0 Å². The number of hydrogen-bond acceptors (Lipinski definition) is 3. The highest BCUT2D eigenvalue weighted by Gasteiger charge is 2.27. The van der Waals surface area contributed by atoms with Gasteiger partial charge in [0, 0.05) is 37.3 Å². The van der Waals surface area contributed by atoms with E-state index in [0.717, 1.165) is 24.2 Å². The number of aromatic amines is 1. The van der Waals surface area contributed by atoms with Crippen LogP contribution < -0.4 is 10.6 Å². The van der Waals surface area contributed by atoms with Crippen molar-refractivity contribution in [2.75, 3.05) is 13.1 Å². The molecule has 0 aliphatic carbocycles. The molecule has 0 unspecified atom stereocenters. The molecule has 0 fully saturated rings. The zero-order chi connectivity index (χ0) is 13.2. The maximum absolute atomic E-state index is 11.9. The number of halogens is 3. The quantitative estimate of drug-likeness (QED) is 0.752. The van der Waals surface area contributed by atoms with Crippen LogP contribution in [0.25, 0.3) is 0 Å². The molecule has 1 amide bonds.